The van der Waals surface area contributed by atoms with E-state index < -0.39 is 35.6 Å². The van der Waals surface area contributed by atoms with Crippen LogP contribution in [0.5, 0.6) is 0 Å². The van der Waals surface area contributed by atoms with Crippen LogP contribution in [0.3, 0.4) is 0 Å². The van der Waals surface area contributed by atoms with Crippen LogP contribution in [-0.2, 0) is 34.9 Å². The number of anilines is 2. The number of H-pyrrole nitrogens is 5. The number of hydrogen-bond acceptors (Lipinski definition) is 16. The molecule has 0 radical (unpaired) electrons. The minimum absolute atomic E-state index is 0.0891. The number of aromatic nitrogens is 10. The first kappa shape index (κ1) is 77.7. The van der Waals surface area contributed by atoms with E-state index in [1.807, 2.05) is 86.2 Å². The summed E-state index contributed by atoms with van der Waals surface area (Å²) < 4.78 is 79.2. The molecule has 26 nitrogen and oxygen atoms in total. The molecule has 0 atom stereocenters. The Kier molecular flexibility index (Phi) is 24.7. The monoisotopic (exact) mass is 1590 g/mol. The summed E-state index contributed by atoms with van der Waals surface area (Å²) in [5.74, 6) is 1.07. The number of rotatable bonds is 14. The minimum atomic E-state index is -3.16. The zero-order valence-electron chi connectivity index (χ0n) is 58.8. The second kappa shape index (κ2) is 33.3. The minimum Gasteiger partial charge on any atom is -0.395 e. The summed E-state index contributed by atoms with van der Waals surface area (Å²) in [6.45, 7) is 10.8. The van der Waals surface area contributed by atoms with Crippen molar-refractivity contribution < 1.29 is 39.9 Å². The molecule has 34 heteroatoms. The molecule has 16 rings (SSSR count). The Labute approximate surface area is 635 Å². The number of carbonyl (C=O) groups excluding carboxylic acids is 2. The van der Waals surface area contributed by atoms with Gasteiger partial charge in [-0.05, 0) is 180 Å². The second-order valence-electron chi connectivity index (χ2n) is 27.9. The van der Waals surface area contributed by atoms with E-state index in [1.54, 1.807) is 39.2 Å². The number of nitrogens with zero attached hydrogens (tertiary/aromatic N) is 10. The maximum atomic E-state index is 12.7. The van der Waals surface area contributed by atoms with Gasteiger partial charge in [0.05, 0.1) is 81.4 Å². The van der Waals surface area contributed by atoms with Gasteiger partial charge in [0.25, 0.3) is 5.91 Å². The molecule has 8 N–H and O–H groups in total. The van der Waals surface area contributed by atoms with Crippen LogP contribution in [0, 0.1) is 0 Å². The Morgan fingerprint density at radius 1 is 0.524 bits per heavy atom. The van der Waals surface area contributed by atoms with Crippen LogP contribution in [-0.4, -0.2) is 205 Å². The molecule has 10 aromatic rings. The molecule has 6 aliphatic rings. The van der Waals surface area contributed by atoms with Gasteiger partial charge >= 0.3 is 6.03 Å². The first-order chi connectivity index (χ1) is 50.3. The summed E-state index contributed by atoms with van der Waals surface area (Å²) in [5.41, 5.74) is 9.23. The quantitative estimate of drug-likeness (QED) is 0.0469. The highest BCUT2D eigenvalue weighted by Gasteiger charge is 2.51. The van der Waals surface area contributed by atoms with E-state index in [0.29, 0.717) is 121 Å². The molecule has 0 unspecified atom stereocenters. The average Bonchev–Trinajstić information content (AvgIpc) is 1.64. The predicted molar refractivity (Wildman–Crippen MR) is 417 cm³/mol. The number of aliphatic hydroxyl groups is 1. The fourth-order valence-electron chi connectivity index (χ4n) is 15.3. The number of fused-ring (bicyclic) bond motifs is 5. The lowest BCUT2D eigenvalue weighted by molar-refractivity contribution is -0.131. The van der Waals surface area contributed by atoms with Crippen LogP contribution in [0.4, 0.5) is 16.2 Å². The van der Waals surface area contributed by atoms with Crippen LogP contribution in [0.1, 0.15) is 139 Å². The molecule has 5 aromatic carbocycles. The maximum absolute atomic E-state index is 12.7. The predicted octanol–water partition coefficient (Wildman–Crippen LogP) is 13.3. The number of benzene rings is 5. The number of urea groups is 1. The normalized spacial score (nSPS) is 18.5. The SMILES string of the molecule is CC(C)S(=O)(=O)N1CCC(c2cc(Cl)cc3[nH]ncc23)CC1.CCCS(=O)(=O)N1CCC(c2cc(Cl)cc3[nH]ncc23)CC1.CN1C(=O)NC2(CCN(c3cc(Cl)cc4[nH]ncc34)CC2)C1=O.O=S(=O)(C1CCCC1)N1CCC(c2cc(Cl)cc3[nH]ncc23)CC1.OCCNc1cc(Cl)cc2[nH]ncc12. The largest absolute Gasteiger partial charge is 0.395 e. The van der Waals surface area contributed by atoms with E-state index in [4.69, 9.17) is 63.1 Å². The number of sulfonamides is 3. The van der Waals surface area contributed by atoms with Crippen molar-refractivity contribution in [3.63, 3.8) is 0 Å². The van der Waals surface area contributed by atoms with Gasteiger partial charge in [-0.3, -0.25) is 35.2 Å². The number of piperidine rings is 4. The molecule has 105 heavy (non-hydrogen) atoms. The summed E-state index contributed by atoms with van der Waals surface area (Å²) in [6.07, 6.45) is 19.5. The van der Waals surface area contributed by atoms with Crippen molar-refractivity contribution in [2.24, 2.45) is 0 Å². The number of carbonyl (C=O) groups is 2. The molecule has 3 amide bonds. The Hall–Kier alpha value is -6.87. The lowest BCUT2D eigenvalue weighted by Crippen LogP contribution is -2.55. The molecule has 6 fully saturated rings. The molecule has 5 aromatic heterocycles. The van der Waals surface area contributed by atoms with Crippen LogP contribution in [0.2, 0.25) is 25.1 Å². The number of amides is 3. The summed E-state index contributed by atoms with van der Waals surface area (Å²) in [6, 6.07) is 18.7. The number of hydrogen-bond donors (Lipinski definition) is 8. The van der Waals surface area contributed by atoms with Gasteiger partial charge in [-0.15, -0.1) is 0 Å². The van der Waals surface area contributed by atoms with E-state index in [2.05, 4.69) is 66.5 Å². The van der Waals surface area contributed by atoms with Gasteiger partial charge < -0.3 is 20.6 Å². The maximum Gasteiger partial charge on any atom is 0.324 e. The second-order valence-corrected chi connectivity index (χ2v) is 36.9. The van der Waals surface area contributed by atoms with E-state index >= 15 is 0 Å². The Bertz CT molecular complexity index is 5070. The molecule has 1 aliphatic carbocycles. The van der Waals surface area contributed by atoms with Crippen molar-refractivity contribution in [3.8, 4) is 0 Å². The van der Waals surface area contributed by atoms with Crippen LogP contribution in [0.15, 0.2) is 91.6 Å². The fraction of sp³-hybridized carbons (Fsp3) is 0.479. The van der Waals surface area contributed by atoms with Crippen LogP contribution < -0.4 is 15.5 Å². The van der Waals surface area contributed by atoms with Crippen LogP contribution in [0.25, 0.3) is 54.5 Å². The van der Waals surface area contributed by atoms with Gasteiger partial charge in [-0.2, -0.15) is 25.5 Å². The number of nitrogens with one attached hydrogen (secondary N) is 7. The molecule has 564 valence electrons. The number of imide groups is 1. The third-order valence-corrected chi connectivity index (χ3v) is 28.9. The lowest BCUT2D eigenvalue weighted by atomic mass is 9.87. The third-order valence-electron chi connectivity index (χ3n) is 21.0. The van der Waals surface area contributed by atoms with Crippen LogP contribution >= 0.6 is 58.0 Å². The number of halogens is 5. The Morgan fingerprint density at radius 3 is 1.33 bits per heavy atom. The molecular weight excluding hydrogens is 1510 g/mol. The lowest BCUT2D eigenvalue weighted by Gasteiger charge is -2.38. The first-order valence-electron chi connectivity index (χ1n) is 35.6. The van der Waals surface area contributed by atoms with Gasteiger partial charge in [-0.1, -0.05) is 77.8 Å². The van der Waals surface area contributed by atoms with Crippen molar-refractivity contribution in [1.29, 1.82) is 0 Å². The van der Waals surface area contributed by atoms with E-state index in [9.17, 15) is 34.8 Å². The Morgan fingerprint density at radius 2 is 0.914 bits per heavy atom. The van der Waals surface area contributed by atoms with Crippen molar-refractivity contribution in [2.45, 2.75) is 138 Å². The Balaban J connectivity index is 0.000000124. The van der Waals surface area contributed by atoms with E-state index in [-0.39, 0.29) is 34.8 Å². The molecule has 5 saturated heterocycles. The molecule has 10 heterocycles. The topological polar surface area (TPSA) is 340 Å². The summed E-state index contributed by atoms with van der Waals surface area (Å²) >= 11 is 30.7. The average molecular weight is 1600 g/mol. The van der Waals surface area contributed by atoms with E-state index in [0.717, 1.165) is 136 Å². The zero-order valence-corrected chi connectivity index (χ0v) is 65.0. The van der Waals surface area contributed by atoms with Gasteiger partial charge in [0.1, 0.15) is 5.54 Å². The molecule has 0 bridgehead atoms. The van der Waals surface area contributed by atoms with Crippen molar-refractivity contribution in [3.05, 3.63) is 133 Å². The highest BCUT2D eigenvalue weighted by Crippen LogP contribution is 2.41. The summed E-state index contributed by atoms with van der Waals surface area (Å²) in [4.78, 5) is 27.5. The van der Waals surface area contributed by atoms with E-state index in [1.165, 1.54) is 23.1 Å². The fourth-order valence-corrected chi connectivity index (χ4v) is 21.4. The number of aliphatic hydroxyl groups excluding tert-OH is 1. The molecule has 5 aliphatic heterocycles. The van der Waals surface area contributed by atoms with Gasteiger partial charge in [-0.25, -0.2) is 43.0 Å². The molecular formula is C71H88Cl5N17O9S3. The third kappa shape index (κ3) is 17.3. The number of aromatic amines is 5. The van der Waals surface area contributed by atoms with Gasteiger partial charge in [0, 0.05) is 129 Å². The zero-order chi connectivity index (χ0) is 74.5. The first-order valence-corrected chi connectivity index (χ1v) is 42.1. The van der Waals surface area contributed by atoms with Crippen molar-refractivity contribution >= 4 is 166 Å². The smallest absolute Gasteiger partial charge is 0.324 e. The highest BCUT2D eigenvalue weighted by molar-refractivity contribution is 7.90. The highest BCUT2D eigenvalue weighted by atomic mass is 35.5. The molecule has 1 spiro atoms. The standard InChI is InChI=1S/C17H22ClN3O2S.C15H16ClN5O2.2C15H20ClN3O2S.C9H10ClN3O/c18-13-9-15(16-11-19-20-17(16)10-13)12-5-7-21(8-6-12)24(22,23)14-3-1-2-4-14;1-20-13(22)15(18-14(20)23)2-4-21(5-3-15)12-7-9(16)6-11-10(12)8-17-19-11;1-10(2)22(20,21)19-5-3-11(4-6-19)13-7-12(16)8-15-14(13)9-17-18-15;1-2-7-22(20,21)19-5-3-11(4-6-19)13-8-12(16)9-15-14(13)10-17-18-15;10-6-3-8(11-1-2-14)7-5-12-13-9(7)4-6/h9-12,14H,1-8H2,(H,19,20);6-8H,2-5H2,1H3,(H,17,19)(H,18,23);7-11H,3-6H2,1-2H3,(H,17,18);8-11H,2-7H2,1H3,(H,17,18);3-5,11,14H,1-2H2,(H,12,13). The number of likely N-dealkylation sites (N-methyl/N-ethyl adjacent to an activating group) is 1. The van der Waals surface area contributed by atoms with Crippen molar-refractivity contribution in [1.82, 2.24) is 74.1 Å². The van der Waals surface area contributed by atoms with Crippen molar-refractivity contribution in [2.75, 3.05) is 88.5 Å². The summed E-state index contributed by atoms with van der Waals surface area (Å²) in [5, 5.41) is 57.6. The van der Waals surface area contributed by atoms with Gasteiger partial charge in [0.15, 0.2) is 0 Å². The molecule has 1 saturated carbocycles. The summed E-state index contributed by atoms with van der Waals surface area (Å²) in [7, 11) is -7.85. The van der Waals surface area contributed by atoms with Gasteiger partial charge in [0.2, 0.25) is 30.1 Å².